The van der Waals surface area contributed by atoms with Gasteiger partial charge in [0.25, 0.3) is 0 Å². The average molecular weight is 297 g/mol. The van der Waals surface area contributed by atoms with E-state index in [-0.39, 0.29) is 11.5 Å². The Balaban J connectivity index is 1.76. The van der Waals surface area contributed by atoms with Crippen molar-refractivity contribution in [3.63, 3.8) is 0 Å². The van der Waals surface area contributed by atoms with Crippen molar-refractivity contribution in [2.45, 2.75) is 18.3 Å². The summed E-state index contributed by atoms with van der Waals surface area (Å²) in [4.78, 5) is 21.4. The third-order valence-electron chi connectivity index (χ3n) is 3.98. The first-order chi connectivity index (χ1) is 9.43. The maximum atomic E-state index is 11.4. The number of sulfone groups is 1. The molecule has 1 aromatic heterocycles. The van der Waals surface area contributed by atoms with Crippen molar-refractivity contribution in [2.75, 3.05) is 29.5 Å². The van der Waals surface area contributed by atoms with Gasteiger partial charge in [0.15, 0.2) is 9.84 Å². The number of carbonyl (C=O) groups is 1. The van der Waals surface area contributed by atoms with E-state index >= 15 is 0 Å². The zero-order chi connectivity index (χ0) is 14.4. The van der Waals surface area contributed by atoms with Crippen molar-refractivity contribution >= 4 is 21.8 Å². The summed E-state index contributed by atoms with van der Waals surface area (Å²) in [5.74, 6) is -0.156. The largest absolute Gasteiger partial charge is 0.481 e. The van der Waals surface area contributed by atoms with Gasteiger partial charge in [-0.2, -0.15) is 0 Å². The molecule has 20 heavy (non-hydrogen) atoms. The summed E-state index contributed by atoms with van der Waals surface area (Å²) < 4.78 is 22.7. The van der Waals surface area contributed by atoms with Crippen molar-refractivity contribution in [3.8, 4) is 0 Å². The molecule has 0 radical (unpaired) electrons. The molecule has 2 heterocycles. The van der Waals surface area contributed by atoms with Crippen LogP contribution in [0.15, 0.2) is 12.4 Å². The molecule has 1 aromatic rings. The molecule has 2 aliphatic rings. The van der Waals surface area contributed by atoms with E-state index < -0.39 is 21.2 Å². The van der Waals surface area contributed by atoms with Crippen LogP contribution in [0.3, 0.4) is 0 Å². The van der Waals surface area contributed by atoms with Gasteiger partial charge in [-0.1, -0.05) is 0 Å². The van der Waals surface area contributed by atoms with Gasteiger partial charge in [-0.15, -0.1) is 0 Å². The van der Waals surface area contributed by atoms with Gasteiger partial charge in [-0.3, -0.25) is 4.79 Å². The van der Waals surface area contributed by atoms with E-state index in [4.69, 9.17) is 0 Å². The van der Waals surface area contributed by atoms with Crippen molar-refractivity contribution in [1.82, 2.24) is 9.97 Å². The minimum Gasteiger partial charge on any atom is -0.481 e. The number of carboxylic acids is 1. The monoisotopic (exact) mass is 297 g/mol. The third-order valence-corrected chi connectivity index (χ3v) is 5.59. The average Bonchev–Trinajstić information content (AvgIpc) is 3.20. The maximum Gasteiger partial charge on any atom is 0.314 e. The maximum absolute atomic E-state index is 11.4. The summed E-state index contributed by atoms with van der Waals surface area (Å²) in [6, 6.07) is 0. The summed E-state index contributed by atoms with van der Waals surface area (Å²) in [6.45, 7) is 0.761. The topological polar surface area (TPSA) is 100 Å². The highest BCUT2D eigenvalue weighted by Crippen LogP contribution is 2.48. The van der Waals surface area contributed by atoms with Crippen LogP contribution in [0.5, 0.6) is 0 Å². The highest BCUT2D eigenvalue weighted by molar-refractivity contribution is 7.91. The molecule has 1 aliphatic carbocycles. The van der Waals surface area contributed by atoms with Crippen molar-refractivity contribution in [3.05, 3.63) is 18.0 Å². The SMILES string of the molecule is O=C(O)C1(c2cnc(N3CCS(=O)(=O)CC3)nc2)CC1. The van der Waals surface area contributed by atoms with Gasteiger partial charge < -0.3 is 10.0 Å². The second kappa shape index (κ2) is 4.41. The van der Waals surface area contributed by atoms with E-state index in [2.05, 4.69) is 9.97 Å². The van der Waals surface area contributed by atoms with Crippen LogP contribution in [0.1, 0.15) is 18.4 Å². The first kappa shape index (κ1) is 13.3. The summed E-state index contributed by atoms with van der Waals surface area (Å²) in [5, 5.41) is 9.20. The van der Waals surface area contributed by atoms with E-state index in [9.17, 15) is 18.3 Å². The Hall–Kier alpha value is -1.70. The van der Waals surface area contributed by atoms with E-state index in [1.54, 1.807) is 12.4 Å². The van der Waals surface area contributed by atoms with Crippen LogP contribution in [-0.4, -0.2) is 54.1 Å². The molecular formula is C12H15N3O4S. The van der Waals surface area contributed by atoms with Crippen LogP contribution in [0.2, 0.25) is 0 Å². The van der Waals surface area contributed by atoms with Crippen LogP contribution in [-0.2, 0) is 20.0 Å². The standard InChI is InChI=1S/C12H15N3O4S/c16-10(17)12(1-2-12)9-7-13-11(14-8-9)15-3-5-20(18,19)6-4-15/h7-8H,1-6H2,(H,16,17). The number of hydrogen-bond acceptors (Lipinski definition) is 6. The third kappa shape index (κ3) is 2.24. The number of aliphatic carboxylic acids is 1. The lowest BCUT2D eigenvalue weighted by atomic mass is 10.00. The van der Waals surface area contributed by atoms with Crippen molar-refractivity contribution in [2.24, 2.45) is 0 Å². The smallest absolute Gasteiger partial charge is 0.314 e. The molecule has 1 saturated heterocycles. The molecule has 3 rings (SSSR count). The van der Waals surface area contributed by atoms with Gasteiger partial charge in [0, 0.05) is 31.0 Å². The Bertz CT molecular complexity index is 623. The first-order valence-electron chi connectivity index (χ1n) is 6.44. The van der Waals surface area contributed by atoms with Gasteiger partial charge >= 0.3 is 5.97 Å². The second-order valence-corrected chi connectivity index (χ2v) is 7.60. The Morgan fingerprint density at radius 2 is 1.75 bits per heavy atom. The fraction of sp³-hybridized carbons (Fsp3) is 0.583. The van der Waals surface area contributed by atoms with Gasteiger partial charge in [-0.25, -0.2) is 18.4 Å². The molecule has 7 nitrogen and oxygen atoms in total. The lowest BCUT2D eigenvalue weighted by Gasteiger charge is -2.26. The molecule has 0 bridgehead atoms. The van der Waals surface area contributed by atoms with Crippen LogP contribution in [0.25, 0.3) is 0 Å². The lowest BCUT2D eigenvalue weighted by Crippen LogP contribution is -2.41. The summed E-state index contributed by atoms with van der Waals surface area (Å²) >= 11 is 0. The van der Waals surface area contributed by atoms with E-state index in [0.717, 1.165) is 0 Å². The van der Waals surface area contributed by atoms with Crippen molar-refractivity contribution < 1.29 is 18.3 Å². The van der Waals surface area contributed by atoms with Crippen LogP contribution in [0.4, 0.5) is 5.95 Å². The fourth-order valence-corrected chi connectivity index (χ4v) is 3.60. The fourth-order valence-electron chi connectivity index (χ4n) is 2.40. The molecule has 0 spiro atoms. The minimum atomic E-state index is -2.93. The van der Waals surface area contributed by atoms with E-state index in [1.807, 2.05) is 4.90 Å². The highest BCUT2D eigenvalue weighted by Gasteiger charge is 2.52. The quantitative estimate of drug-likeness (QED) is 0.826. The second-order valence-electron chi connectivity index (χ2n) is 5.30. The molecule has 108 valence electrons. The van der Waals surface area contributed by atoms with E-state index in [0.29, 0.717) is 37.4 Å². The number of hydrogen-bond donors (Lipinski definition) is 1. The molecular weight excluding hydrogens is 282 g/mol. The molecule has 0 unspecified atom stereocenters. The number of aromatic nitrogens is 2. The summed E-state index contributed by atoms with van der Waals surface area (Å²) in [7, 11) is -2.93. The molecule has 0 atom stereocenters. The van der Waals surface area contributed by atoms with E-state index in [1.165, 1.54) is 0 Å². The molecule has 2 fully saturated rings. The number of nitrogens with zero attached hydrogens (tertiary/aromatic N) is 3. The molecule has 1 N–H and O–H groups in total. The van der Waals surface area contributed by atoms with Gasteiger partial charge in [0.05, 0.1) is 16.9 Å². The Morgan fingerprint density at radius 3 is 2.20 bits per heavy atom. The van der Waals surface area contributed by atoms with Crippen LogP contribution >= 0.6 is 0 Å². The molecule has 0 aromatic carbocycles. The first-order valence-corrected chi connectivity index (χ1v) is 8.26. The zero-order valence-electron chi connectivity index (χ0n) is 10.8. The van der Waals surface area contributed by atoms with Gasteiger partial charge in [0.1, 0.15) is 0 Å². The number of anilines is 1. The van der Waals surface area contributed by atoms with Gasteiger partial charge in [-0.05, 0) is 12.8 Å². The summed E-state index contributed by atoms with van der Waals surface area (Å²) in [6.07, 6.45) is 4.33. The zero-order valence-corrected chi connectivity index (χ0v) is 11.6. The van der Waals surface area contributed by atoms with Crippen molar-refractivity contribution in [1.29, 1.82) is 0 Å². The van der Waals surface area contributed by atoms with Gasteiger partial charge in [0.2, 0.25) is 5.95 Å². The number of rotatable bonds is 3. The molecule has 1 saturated carbocycles. The minimum absolute atomic E-state index is 0.108. The van der Waals surface area contributed by atoms with Crippen LogP contribution < -0.4 is 4.90 Å². The Labute approximate surface area is 116 Å². The molecule has 8 heteroatoms. The Kier molecular flexibility index (Phi) is 2.93. The summed E-state index contributed by atoms with van der Waals surface area (Å²) in [5.41, 5.74) is -0.178. The highest BCUT2D eigenvalue weighted by atomic mass is 32.2. The predicted octanol–water partition coefficient (Wildman–Crippen LogP) is -0.172. The normalized spacial score (nSPS) is 23.3. The molecule has 1 aliphatic heterocycles. The lowest BCUT2D eigenvalue weighted by molar-refractivity contribution is -0.140. The predicted molar refractivity (Wildman–Crippen MR) is 71.4 cm³/mol. The number of carboxylic acid groups (broad SMARTS) is 1. The van der Waals surface area contributed by atoms with Crippen LogP contribution in [0, 0.1) is 0 Å². The molecule has 0 amide bonds. The Morgan fingerprint density at radius 1 is 1.20 bits per heavy atom.